The van der Waals surface area contributed by atoms with Crippen molar-refractivity contribution < 1.29 is 28.6 Å². The molecule has 0 aliphatic heterocycles. The predicted molar refractivity (Wildman–Crippen MR) is 206 cm³/mol. The van der Waals surface area contributed by atoms with Crippen molar-refractivity contribution in [3.8, 4) is 0 Å². The molecule has 0 rings (SSSR count). The smallest absolute Gasteiger partial charge is 0.306 e. The monoisotopic (exact) mass is 695 g/mol. The van der Waals surface area contributed by atoms with Crippen LogP contribution in [0.5, 0.6) is 0 Å². The second kappa shape index (κ2) is 39.2. The third-order valence-electron chi connectivity index (χ3n) is 9.61. The molecule has 6 heteroatoms. The molecular weight excluding hydrogens is 612 g/mol. The van der Waals surface area contributed by atoms with Gasteiger partial charge < -0.3 is 14.2 Å². The Hall–Kier alpha value is -1.59. The number of hydrogen-bond donors (Lipinski definition) is 0. The standard InChI is InChI=1S/C43H82O6/c1-4-7-10-13-15-17-18-19-20-21-22-23-24-25-26-28-30-33-36-42(45)48-39-40(38-47-41(44)35-32-29-12-9-6-3)49-43(46)37-34-31-27-16-14-11-8-5-2/h40H,4-39H2,1-3H3. The van der Waals surface area contributed by atoms with Gasteiger partial charge in [0.25, 0.3) is 0 Å². The number of hydrogen-bond acceptors (Lipinski definition) is 6. The van der Waals surface area contributed by atoms with Crippen LogP contribution >= 0.6 is 0 Å². The van der Waals surface area contributed by atoms with Crippen LogP contribution in [0.1, 0.15) is 239 Å². The van der Waals surface area contributed by atoms with E-state index in [1.807, 2.05) is 0 Å². The molecule has 0 bridgehead atoms. The maximum Gasteiger partial charge on any atom is 0.306 e. The summed E-state index contributed by atoms with van der Waals surface area (Å²) in [6.07, 6.45) is 38.4. The van der Waals surface area contributed by atoms with Crippen LogP contribution in [0.4, 0.5) is 0 Å². The van der Waals surface area contributed by atoms with Gasteiger partial charge in [0.1, 0.15) is 13.2 Å². The van der Waals surface area contributed by atoms with Gasteiger partial charge in [-0.2, -0.15) is 0 Å². The SMILES string of the molecule is CCCCCCCCCCCCCCCCCCCCC(=O)OCC(COC(=O)CCCCCCC)OC(=O)CCCCCCCCCC. The van der Waals surface area contributed by atoms with E-state index >= 15 is 0 Å². The third-order valence-corrected chi connectivity index (χ3v) is 9.61. The Balaban J connectivity index is 4.08. The van der Waals surface area contributed by atoms with Crippen LogP contribution in [-0.4, -0.2) is 37.2 Å². The highest BCUT2D eigenvalue weighted by Gasteiger charge is 2.19. The molecule has 0 aromatic heterocycles. The zero-order valence-corrected chi connectivity index (χ0v) is 33.0. The fraction of sp³-hybridized carbons (Fsp3) is 0.930. The molecule has 49 heavy (non-hydrogen) atoms. The normalized spacial score (nSPS) is 11.8. The Morgan fingerprint density at radius 3 is 0.816 bits per heavy atom. The van der Waals surface area contributed by atoms with Crippen LogP contribution in [0.15, 0.2) is 0 Å². The van der Waals surface area contributed by atoms with Crippen molar-refractivity contribution in [2.24, 2.45) is 0 Å². The molecule has 1 atom stereocenters. The van der Waals surface area contributed by atoms with Gasteiger partial charge in [0.05, 0.1) is 0 Å². The van der Waals surface area contributed by atoms with Crippen molar-refractivity contribution in [3.63, 3.8) is 0 Å². The van der Waals surface area contributed by atoms with E-state index < -0.39 is 6.10 Å². The fourth-order valence-electron chi connectivity index (χ4n) is 6.32. The van der Waals surface area contributed by atoms with Crippen LogP contribution in [0.2, 0.25) is 0 Å². The molecule has 290 valence electrons. The van der Waals surface area contributed by atoms with E-state index in [0.717, 1.165) is 64.2 Å². The number of unbranched alkanes of at least 4 members (excludes halogenated alkanes) is 28. The van der Waals surface area contributed by atoms with Crippen LogP contribution in [-0.2, 0) is 28.6 Å². The molecule has 0 aliphatic rings. The fourth-order valence-corrected chi connectivity index (χ4v) is 6.32. The second-order valence-electron chi connectivity index (χ2n) is 14.6. The minimum absolute atomic E-state index is 0.0647. The van der Waals surface area contributed by atoms with E-state index in [9.17, 15) is 14.4 Å². The number of esters is 3. The van der Waals surface area contributed by atoms with Crippen LogP contribution in [0, 0.1) is 0 Å². The quantitative estimate of drug-likeness (QED) is 0.0362. The van der Waals surface area contributed by atoms with E-state index in [1.54, 1.807) is 0 Å². The van der Waals surface area contributed by atoms with Gasteiger partial charge in [-0.3, -0.25) is 14.4 Å². The highest BCUT2D eigenvalue weighted by molar-refractivity contribution is 5.71. The van der Waals surface area contributed by atoms with Gasteiger partial charge in [-0.05, 0) is 19.3 Å². The number of rotatable bonds is 39. The Bertz CT molecular complexity index is 723. The molecule has 0 spiro atoms. The van der Waals surface area contributed by atoms with E-state index in [1.165, 1.54) is 135 Å². The molecule has 0 heterocycles. The van der Waals surface area contributed by atoms with Crippen molar-refractivity contribution >= 4 is 17.9 Å². The summed E-state index contributed by atoms with van der Waals surface area (Å²) >= 11 is 0. The first kappa shape index (κ1) is 47.4. The molecule has 1 unspecified atom stereocenters. The highest BCUT2D eigenvalue weighted by Crippen LogP contribution is 2.15. The average Bonchev–Trinajstić information content (AvgIpc) is 3.09. The molecule has 0 N–H and O–H groups in total. The molecule has 0 amide bonds. The Labute approximate surface area is 304 Å². The van der Waals surface area contributed by atoms with Gasteiger partial charge >= 0.3 is 17.9 Å². The van der Waals surface area contributed by atoms with Gasteiger partial charge in [-0.1, -0.05) is 201 Å². The summed E-state index contributed by atoms with van der Waals surface area (Å²) in [5, 5.41) is 0. The molecule has 0 aromatic carbocycles. The molecule has 0 saturated carbocycles. The maximum absolute atomic E-state index is 12.5. The Kier molecular flexibility index (Phi) is 37.9. The Morgan fingerprint density at radius 2 is 0.551 bits per heavy atom. The van der Waals surface area contributed by atoms with Gasteiger partial charge in [0.2, 0.25) is 0 Å². The third kappa shape index (κ3) is 37.5. The predicted octanol–water partition coefficient (Wildman–Crippen LogP) is 13.3. The van der Waals surface area contributed by atoms with Crippen LogP contribution in [0.25, 0.3) is 0 Å². The molecule has 6 nitrogen and oxygen atoms in total. The Morgan fingerprint density at radius 1 is 0.327 bits per heavy atom. The lowest BCUT2D eigenvalue weighted by molar-refractivity contribution is -0.167. The zero-order chi connectivity index (χ0) is 35.9. The number of ether oxygens (including phenoxy) is 3. The number of carbonyl (C=O) groups excluding carboxylic acids is 3. The molecular formula is C43H82O6. The summed E-state index contributed by atoms with van der Waals surface area (Å²) in [4.78, 5) is 37.2. The number of carbonyl (C=O) groups is 3. The highest BCUT2D eigenvalue weighted by atomic mass is 16.6. The second-order valence-corrected chi connectivity index (χ2v) is 14.6. The van der Waals surface area contributed by atoms with Crippen molar-refractivity contribution in [2.75, 3.05) is 13.2 Å². The van der Waals surface area contributed by atoms with Crippen molar-refractivity contribution in [1.29, 1.82) is 0 Å². The molecule has 0 radical (unpaired) electrons. The minimum Gasteiger partial charge on any atom is -0.462 e. The van der Waals surface area contributed by atoms with Crippen molar-refractivity contribution in [1.82, 2.24) is 0 Å². The summed E-state index contributed by atoms with van der Waals surface area (Å²) in [5.41, 5.74) is 0. The summed E-state index contributed by atoms with van der Waals surface area (Å²) in [5.74, 6) is -0.875. The lowest BCUT2D eigenvalue weighted by Gasteiger charge is -2.18. The van der Waals surface area contributed by atoms with Crippen molar-refractivity contribution in [3.05, 3.63) is 0 Å². The van der Waals surface area contributed by atoms with E-state index in [0.29, 0.717) is 19.3 Å². The lowest BCUT2D eigenvalue weighted by Crippen LogP contribution is -2.30. The lowest BCUT2D eigenvalue weighted by atomic mass is 10.0. The molecule has 0 aromatic rings. The first-order chi connectivity index (χ1) is 24.0. The van der Waals surface area contributed by atoms with Gasteiger partial charge in [0.15, 0.2) is 6.10 Å². The summed E-state index contributed by atoms with van der Waals surface area (Å²) < 4.78 is 16.5. The zero-order valence-electron chi connectivity index (χ0n) is 33.0. The molecule has 0 saturated heterocycles. The summed E-state index contributed by atoms with van der Waals surface area (Å²) in [6, 6.07) is 0. The van der Waals surface area contributed by atoms with E-state index in [4.69, 9.17) is 14.2 Å². The topological polar surface area (TPSA) is 78.9 Å². The first-order valence-electron chi connectivity index (χ1n) is 21.5. The molecule has 0 fully saturated rings. The van der Waals surface area contributed by atoms with Gasteiger partial charge in [-0.25, -0.2) is 0 Å². The average molecular weight is 695 g/mol. The van der Waals surface area contributed by atoms with Crippen LogP contribution in [0.3, 0.4) is 0 Å². The van der Waals surface area contributed by atoms with Gasteiger partial charge in [-0.15, -0.1) is 0 Å². The van der Waals surface area contributed by atoms with Gasteiger partial charge in [0, 0.05) is 19.3 Å². The first-order valence-corrected chi connectivity index (χ1v) is 21.5. The summed E-state index contributed by atoms with van der Waals surface area (Å²) in [6.45, 7) is 6.54. The van der Waals surface area contributed by atoms with E-state index in [2.05, 4.69) is 20.8 Å². The molecule has 0 aliphatic carbocycles. The van der Waals surface area contributed by atoms with Crippen LogP contribution < -0.4 is 0 Å². The maximum atomic E-state index is 12.5. The summed E-state index contributed by atoms with van der Waals surface area (Å²) in [7, 11) is 0. The largest absolute Gasteiger partial charge is 0.462 e. The minimum atomic E-state index is -0.755. The van der Waals surface area contributed by atoms with Crippen molar-refractivity contribution in [2.45, 2.75) is 245 Å². The van der Waals surface area contributed by atoms with E-state index in [-0.39, 0.29) is 31.1 Å².